The van der Waals surface area contributed by atoms with Crippen molar-refractivity contribution >= 4 is 5.97 Å². The molecule has 1 aromatic rings. The van der Waals surface area contributed by atoms with Crippen LogP contribution in [0.25, 0.3) is 0 Å². The Balaban J connectivity index is 2.84. The summed E-state index contributed by atoms with van der Waals surface area (Å²) in [5.41, 5.74) is 1.74. The lowest BCUT2D eigenvalue weighted by atomic mass is 10.00. The van der Waals surface area contributed by atoms with E-state index in [-0.39, 0.29) is 0 Å². The molecule has 0 aliphatic heterocycles. The van der Waals surface area contributed by atoms with Crippen LogP contribution in [0.2, 0.25) is 0 Å². The highest BCUT2D eigenvalue weighted by Crippen LogP contribution is 2.19. The lowest BCUT2D eigenvalue weighted by Gasteiger charge is -2.10. The standard InChI is InChI=1S/C12H16O3/c1-8(2)9-4-6-10(7-5-9)11(13)12(14)15-3/h4-8,11,13H,1-3H3/t11-/m0/s1. The molecule has 0 aliphatic carbocycles. The molecule has 0 aliphatic rings. The summed E-state index contributed by atoms with van der Waals surface area (Å²) in [7, 11) is 1.26. The average Bonchev–Trinajstić information content (AvgIpc) is 2.27. The van der Waals surface area contributed by atoms with Gasteiger partial charge >= 0.3 is 5.97 Å². The van der Waals surface area contributed by atoms with Crippen molar-refractivity contribution in [2.75, 3.05) is 7.11 Å². The molecule has 0 fully saturated rings. The Kier molecular flexibility index (Phi) is 3.86. The van der Waals surface area contributed by atoms with E-state index in [4.69, 9.17) is 0 Å². The number of carbonyl (C=O) groups is 1. The van der Waals surface area contributed by atoms with Crippen LogP contribution in [0, 0.1) is 0 Å². The van der Waals surface area contributed by atoms with Gasteiger partial charge in [0.2, 0.25) is 0 Å². The van der Waals surface area contributed by atoms with Gasteiger partial charge in [-0.05, 0) is 17.0 Å². The minimum atomic E-state index is -1.18. The van der Waals surface area contributed by atoms with Crippen LogP contribution in [0.15, 0.2) is 24.3 Å². The zero-order valence-electron chi connectivity index (χ0n) is 9.23. The minimum Gasteiger partial charge on any atom is -0.467 e. The number of hydrogen-bond donors (Lipinski definition) is 1. The van der Waals surface area contributed by atoms with Crippen molar-refractivity contribution in [1.29, 1.82) is 0 Å². The molecular formula is C12H16O3. The summed E-state index contributed by atoms with van der Waals surface area (Å²) in [5.74, 6) is -0.193. The first-order chi connectivity index (χ1) is 7.06. The van der Waals surface area contributed by atoms with Gasteiger partial charge in [0.05, 0.1) is 7.11 Å². The Morgan fingerprint density at radius 2 is 1.67 bits per heavy atom. The molecule has 0 heterocycles. The Labute approximate surface area is 89.7 Å². The molecule has 3 heteroatoms. The van der Waals surface area contributed by atoms with E-state index in [1.807, 2.05) is 12.1 Å². The quantitative estimate of drug-likeness (QED) is 0.773. The maximum absolute atomic E-state index is 11.1. The van der Waals surface area contributed by atoms with Crippen LogP contribution in [0.3, 0.4) is 0 Å². The van der Waals surface area contributed by atoms with Gasteiger partial charge in [0.15, 0.2) is 6.10 Å². The van der Waals surface area contributed by atoms with Crippen LogP contribution in [0.5, 0.6) is 0 Å². The molecule has 0 aromatic heterocycles. The topological polar surface area (TPSA) is 46.5 Å². The molecule has 0 saturated carbocycles. The molecule has 0 spiro atoms. The molecule has 15 heavy (non-hydrogen) atoms. The Bertz CT molecular complexity index is 327. The van der Waals surface area contributed by atoms with Gasteiger partial charge in [-0.1, -0.05) is 38.1 Å². The molecule has 1 N–H and O–H groups in total. The van der Waals surface area contributed by atoms with E-state index < -0.39 is 12.1 Å². The summed E-state index contributed by atoms with van der Waals surface area (Å²) in [6.07, 6.45) is -1.18. The first kappa shape index (κ1) is 11.7. The van der Waals surface area contributed by atoms with E-state index in [9.17, 15) is 9.90 Å². The van der Waals surface area contributed by atoms with Gasteiger partial charge in [-0.25, -0.2) is 4.79 Å². The van der Waals surface area contributed by atoms with E-state index >= 15 is 0 Å². The lowest BCUT2D eigenvalue weighted by molar-refractivity contribution is -0.150. The molecule has 1 aromatic carbocycles. The van der Waals surface area contributed by atoms with Crippen LogP contribution in [-0.4, -0.2) is 18.2 Å². The van der Waals surface area contributed by atoms with Crippen LogP contribution in [-0.2, 0) is 9.53 Å². The van der Waals surface area contributed by atoms with Gasteiger partial charge in [0.25, 0.3) is 0 Å². The number of carbonyl (C=O) groups excluding carboxylic acids is 1. The second kappa shape index (κ2) is 4.94. The number of rotatable bonds is 3. The zero-order valence-corrected chi connectivity index (χ0v) is 9.23. The fourth-order valence-corrected chi connectivity index (χ4v) is 1.31. The fraction of sp³-hybridized carbons (Fsp3) is 0.417. The van der Waals surface area contributed by atoms with Crippen LogP contribution >= 0.6 is 0 Å². The molecule has 1 rings (SSSR count). The number of esters is 1. The van der Waals surface area contributed by atoms with Gasteiger partial charge < -0.3 is 9.84 Å². The average molecular weight is 208 g/mol. The summed E-state index contributed by atoms with van der Waals surface area (Å²) in [4.78, 5) is 11.1. The van der Waals surface area contributed by atoms with E-state index in [1.54, 1.807) is 12.1 Å². The number of methoxy groups -OCH3 is 1. The summed E-state index contributed by atoms with van der Waals surface area (Å²) < 4.78 is 4.46. The number of ether oxygens (including phenoxy) is 1. The molecule has 3 nitrogen and oxygen atoms in total. The van der Waals surface area contributed by atoms with E-state index in [0.29, 0.717) is 11.5 Å². The van der Waals surface area contributed by atoms with E-state index in [0.717, 1.165) is 0 Å². The van der Waals surface area contributed by atoms with Gasteiger partial charge in [-0.15, -0.1) is 0 Å². The number of aliphatic hydroxyl groups excluding tert-OH is 1. The predicted octanol–water partition coefficient (Wildman–Crippen LogP) is 2.02. The molecule has 0 bridgehead atoms. The second-order valence-corrected chi connectivity index (χ2v) is 3.75. The molecule has 0 radical (unpaired) electrons. The summed E-state index contributed by atoms with van der Waals surface area (Å²) in [6, 6.07) is 7.31. The van der Waals surface area contributed by atoms with E-state index in [2.05, 4.69) is 18.6 Å². The van der Waals surface area contributed by atoms with Gasteiger partial charge in [-0.3, -0.25) is 0 Å². The highest BCUT2D eigenvalue weighted by atomic mass is 16.5. The predicted molar refractivity (Wildman–Crippen MR) is 57.5 cm³/mol. The van der Waals surface area contributed by atoms with Crippen LogP contribution < -0.4 is 0 Å². The van der Waals surface area contributed by atoms with Crippen molar-refractivity contribution in [3.8, 4) is 0 Å². The normalized spacial score (nSPS) is 12.6. The van der Waals surface area contributed by atoms with E-state index in [1.165, 1.54) is 12.7 Å². The smallest absolute Gasteiger partial charge is 0.339 e. The maximum Gasteiger partial charge on any atom is 0.339 e. The third-order valence-electron chi connectivity index (χ3n) is 2.34. The molecule has 0 saturated heterocycles. The fourth-order valence-electron chi connectivity index (χ4n) is 1.31. The third-order valence-corrected chi connectivity index (χ3v) is 2.34. The third kappa shape index (κ3) is 2.80. The monoisotopic (exact) mass is 208 g/mol. The number of hydrogen-bond acceptors (Lipinski definition) is 3. The maximum atomic E-state index is 11.1. The van der Waals surface area contributed by atoms with Crippen molar-refractivity contribution in [2.24, 2.45) is 0 Å². The van der Waals surface area contributed by atoms with Crippen molar-refractivity contribution < 1.29 is 14.6 Å². The number of aliphatic hydroxyl groups is 1. The zero-order chi connectivity index (χ0) is 11.4. The highest BCUT2D eigenvalue weighted by molar-refractivity contribution is 5.76. The summed E-state index contributed by atoms with van der Waals surface area (Å²) in [5, 5.41) is 9.54. The van der Waals surface area contributed by atoms with Crippen molar-refractivity contribution in [2.45, 2.75) is 25.9 Å². The van der Waals surface area contributed by atoms with Crippen LogP contribution in [0.1, 0.15) is 37.0 Å². The summed E-state index contributed by atoms with van der Waals surface area (Å²) in [6.45, 7) is 4.18. The van der Waals surface area contributed by atoms with Crippen molar-refractivity contribution in [1.82, 2.24) is 0 Å². The molecule has 0 amide bonds. The minimum absolute atomic E-state index is 0.439. The summed E-state index contributed by atoms with van der Waals surface area (Å²) >= 11 is 0. The van der Waals surface area contributed by atoms with Gasteiger partial charge in [-0.2, -0.15) is 0 Å². The SMILES string of the molecule is COC(=O)[C@@H](O)c1ccc(C(C)C)cc1. The Morgan fingerprint density at radius 3 is 2.07 bits per heavy atom. The Morgan fingerprint density at radius 1 is 1.20 bits per heavy atom. The first-order valence-corrected chi connectivity index (χ1v) is 4.92. The lowest BCUT2D eigenvalue weighted by Crippen LogP contribution is -2.13. The largest absolute Gasteiger partial charge is 0.467 e. The van der Waals surface area contributed by atoms with Crippen molar-refractivity contribution in [3.05, 3.63) is 35.4 Å². The molecule has 1 atom stereocenters. The molecular weight excluding hydrogens is 192 g/mol. The highest BCUT2D eigenvalue weighted by Gasteiger charge is 2.17. The second-order valence-electron chi connectivity index (χ2n) is 3.75. The van der Waals surface area contributed by atoms with Gasteiger partial charge in [0, 0.05) is 0 Å². The molecule has 82 valence electrons. The van der Waals surface area contributed by atoms with Crippen LogP contribution in [0.4, 0.5) is 0 Å². The number of benzene rings is 1. The van der Waals surface area contributed by atoms with Crippen molar-refractivity contribution in [3.63, 3.8) is 0 Å². The first-order valence-electron chi connectivity index (χ1n) is 4.92. The molecule has 0 unspecified atom stereocenters. The van der Waals surface area contributed by atoms with Gasteiger partial charge in [0.1, 0.15) is 0 Å². The Hall–Kier alpha value is -1.35.